The molecule has 0 aromatic rings. The van der Waals surface area contributed by atoms with Gasteiger partial charge in [-0.3, -0.25) is 0 Å². The molecule has 0 aromatic heterocycles. The molecule has 2 fully saturated rings. The van der Waals surface area contributed by atoms with Gasteiger partial charge in [-0.2, -0.15) is 0 Å². The first-order valence-corrected chi connectivity index (χ1v) is 10.6. The van der Waals surface area contributed by atoms with Gasteiger partial charge in [-0.15, -0.1) is 0 Å². The number of hydrogen-bond donors (Lipinski definition) is 0. The second-order valence-corrected chi connectivity index (χ2v) is 9.99. The lowest BCUT2D eigenvalue weighted by atomic mass is 9.53. The van der Waals surface area contributed by atoms with Crippen LogP contribution in [-0.2, 0) is 0 Å². The van der Waals surface area contributed by atoms with Crippen LogP contribution in [0, 0.1) is 46.8 Å². The van der Waals surface area contributed by atoms with Crippen LogP contribution in [0.1, 0.15) is 86.0 Å². The van der Waals surface area contributed by atoms with Gasteiger partial charge in [0.05, 0.1) is 0 Å². The second kappa shape index (κ2) is 6.93. The molecule has 0 heteroatoms. The minimum Gasteiger partial charge on any atom is -0.0880 e. The Balaban J connectivity index is 1.66. The molecule has 0 heterocycles. The molecule has 7 unspecified atom stereocenters. The van der Waals surface area contributed by atoms with Crippen LogP contribution in [0.2, 0.25) is 0 Å². The molecule has 0 N–H and O–H groups in total. The highest BCUT2D eigenvalue weighted by Crippen LogP contribution is 2.63. The zero-order valence-electron chi connectivity index (χ0n) is 16.4. The summed E-state index contributed by atoms with van der Waals surface area (Å²) in [5.41, 5.74) is 0.656. The average molecular weight is 317 g/mol. The van der Waals surface area contributed by atoms with Crippen LogP contribution in [0.5, 0.6) is 0 Å². The predicted octanol–water partition coefficient (Wildman–Crippen LogP) is 7.10. The summed E-state index contributed by atoms with van der Waals surface area (Å²) < 4.78 is 0. The summed E-state index contributed by atoms with van der Waals surface area (Å²) in [6.45, 7) is 12.5. The van der Waals surface area contributed by atoms with Crippen LogP contribution in [0.3, 0.4) is 0 Å². The van der Waals surface area contributed by atoms with Gasteiger partial charge >= 0.3 is 0 Å². The van der Waals surface area contributed by atoms with Gasteiger partial charge in [0.1, 0.15) is 0 Å². The first-order valence-electron chi connectivity index (χ1n) is 10.6. The Labute approximate surface area is 145 Å². The lowest BCUT2D eigenvalue weighted by Crippen LogP contribution is -2.44. The fraction of sp³-hybridized carbons (Fsp3) is 0.913. The minimum atomic E-state index is 0.656. The summed E-state index contributed by atoms with van der Waals surface area (Å²) >= 11 is 0. The van der Waals surface area contributed by atoms with Crippen LogP contribution in [0.4, 0.5) is 0 Å². The van der Waals surface area contributed by atoms with E-state index in [4.69, 9.17) is 0 Å². The summed E-state index contributed by atoms with van der Waals surface area (Å²) in [5.74, 6) is 6.67. The number of allylic oxidation sites excluding steroid dienone is 2. The van der Waals surface area contributed by atoms with E-state index >= 15 is 0 Å². The zero-order valence-corrected chi connectivity index (χ0v) is 16.4. The van der Waals surface area contributed by atoms with E-state index in [0.29, 0.717) is 5.41 Å². The maximum Gasteiger partial charge on any atom is -0.0231 e. The molecule has 0 bridgehead atoms. The van der Waals surface area contributed by atoms with Crippen molar-refractivity contribution < 1.29 is 0 Å². The van der Waals surface area contributed by atoms with Crippen molar-refractivity contribution in [2.24, 2.45) is 46.8 Å². The minimum absolute atomic E-state index is 0.656. The molecule has 3 aliphatic carbocycles. The summed E-state index contributed by atoms with van der Waals surface area (Å²) in [6, 6.07) is 0. The third kappa shape index (κ3) is 3.29. The number of rotatable bonds is 5. The molecule has 0 spiro atoms. The summed E-state index contributed by atoms with van der Waals surface area (Å²) in [6.07, 6.45) is 16.8. The largest absolute Gasteiger partial charge is 0.0880 e. The summed E-state index contributed by atoms with van der Waals surface area (Å²) in [4.78, 5) is 0. The third-order valence-electron chi connectivity index (χ3n) is 8.22. The molecule has 0 aliphatic heterocycles. The molecule has 23 heavy (non-hydrogen) atoms. The smallest absolute Gasteiger partial charge is 0.0231 e. The van der Waals surface area contributed by atoms with E-state index in [2.05, 4.69) is 46.8 Å². The molecule has 3 rings (SSSR count). The van der Waals surface area contributed by atoms with E-state index in [9.17, 15) is 0 Å². The van der Waals surface area contributed by atoms with E-state index in [1.165, 1.54) is 51.4 Å². The maximum absolute atomic E-state index is 2.69. The lowest BCUT2D eigenvalue weighted by Gasteiger charge is -2.52. The number of fused-ring (bicyclic) bond motifs is 3. The first kappa shape index (κ1) is 17.6. The fourth-order valence-electron chi connectivity index (χ4n) is 6.93. The second-order valence-electron chi connectivity index (χ2n) is 9.99. The highest BCUT2D eigenvalue weighted by molar-refractivity contribution is 5.09. The topological polar surface area (TPSA) is 0 Å². The predicted molar refractivity (Wildman–Crippen MR) is 101 cm³/mol. The molecule has 132 valence electrons. The van der Waals surface area contributed by atoms with Crippen molar-refractivity contribution in [3.8, 4) is 0 Å². The van der Waals surface area contributed by atoms with Gasteiger partial charge in [0.15, 0.2) is 0 Å². The van der Waals surface area contributed by atoms with Crippen LogP contribution in [0.15, 0.2) is 12.2 Å². The SMILES string of the molecule is CC(C)CCCC(C)C1CCC2C3CC=CC(C)C3CCC12C. The van der Waals surface area contributed by atoms with E-state index in [0.717, 1.165) is 41.4 Å². The van der Waals surface area contributed by atoms with Crippen LogP contribution >= 0.6 is 0 Å². The van der Waals surface area contributed by atoms with Gasteiger partial charge in [0.25, 0.3) is 0 Å². The normalized spacial score (nSPS) is 44.2. The average Bonchev–Trinajstić information content (AvgIpc) is 2.84. The summed E-state index contributed by atoms with van der Waals surface area (Å²) in [5, 5.41) is 0. The molecule has 7 atom stereocenters. The Morgan fingerprint density at radius 2 is 1.83 bits per heavy atom. The Morgan fingerprint density at radius 3 is 2.57 bits per heavy atom. The van der Waals surface area contributed by atoms with Gasteiger partial charge < -0.3 is 0 Å². The van der Waals surface area contributed by atoms with Crippen LogP contribution < -0.4 is 0 Å². The van der Waals surface area contributed by atoms with Crippen LogP contribution in [0.25, 0.3) is 0 Å². The molecular formula is C23H40. The van der Waals surface area contributed by atoms with Crippen molar-refractivity contribution in [1.82, 2.24) is 0 Å². The Hall–Kier alpha value is -0.260. The summed E-state index contributed by atoms with van der Waals surface area (Å²) in [7, 11) is 0. The third-order valence-corrected chi connectivity index (χ3v) is 8.22. The molecule has 0 aromatic carbocycles. The Bertz CT molecular complexity index is 420. The van der Waals surface area contributed by atoms with Crippen molar-refractivity contribution in [1.29, 1.82) is 0 Å². The van der Waals surface area contributed by atoms with Crippen molar-refractivity contribution in [3.63, 3.8) is 0 Å². The van der Waals surface area contributed by atoms with Gasteiger partial charge in [-0.05, 0) is 78.9 Å². The quantitative estimate of drug-likeness (QED) is 0.474. The molecule has 0 amide bonds. The molecule has 0 nitrogen and oxygen atoms in total. The zero-order chi connectivity index (χ0) is 16.6. The van der Waals surface area contributed by atoms with E-state index < -0.39 is 0 Å². The molecule has 2 saturated carbocycles. The van der Waals surface area contributed by atoms with Gasteiger partial charge in [0, 0.05) is 0 Å². The Morgan fingerprint density at radius 1 is 1.04 bits per heavy atom. The van der Waals surface area contributed by atoms with Gasteiger partial charge in [-0.1, -0.05) is 66.0 Å². The molecule has 3 aliphatic rings. The standard InChI is InChI=1S/C23H40/c1-16(2)8-6-10-18(4)21-12-13-22-20-11-7-9-17(3)19(20)14-15-23(21,22)5/h7,9,16-22H,6,8,10-15H2,1-5H3. The molecule has 0 radical (unpaired) electrons. The number of hydrogen-bond acceptors (Lipinski definition) is 0. The van der Waals surface area contributed by atoms with Crippen molar-refractivity contribution in [2.75, 3.05) is 0 Å². The van der Waals surface area contributed by atoms with Crippen molar-refractivity contribution >= 4 is 0 Å². The van der Waals surface area contributed by atoms with E-state index in [1.807, 2.05) is 0 Å². The highest BCUT2D eigenvalue weighted by Gasteiger charge is 2.55. The maximum atomic E-state index is 2.69. The molecule has 0 saturated heterocycles. The molecular weight excluding hydrogens is 276 g/mol. The monoisotopic (exact) mass is 316 g/mol. The van der Waals surface area contributed by atoms with E-state index in [-0.39, 0.29) is 0 Å². The fourth-order valence-corrected chi connectivity index (χ4v) is 6.93. The Kier molecular flexibility index (Phi) is 5.29. The van der Waals surface area contributed by atoms with Crippen molar-refractivity contribution in [3.05, 3.63) is 12.2 Å². The highest BCUT2D eigenvalue weighted by atomic mass is 14.6. The van der Waals surface area contributed by atoms with Gasteiger partial charge in [0.2, 0.25) is 0 Å². The lowest BCUT2D eigenvalue weighted by molar-refractivity contribution is -0.0168. The van der Waals surface area contributed by atoms with Crippen LogP contribution in [-0.4, -0.2) is 0 Å². The first-order chi connectivity index (χ1) is 10.9. The van der Waals surface area contributed by atoms with Gasteiger partial charge in [-0.25, -0.2) is 0 Å². The van der Waals surface area contributed by atoms with Crippen molar-refractivity contribution in [2.45, 2.75) is 86.0 Å². The van der Waals surface area contributed by atoms with E-state index in [1.54, 1.807) is 0 Å².